The highest BCUT2D eigenvalue weighted by atomic mass is 32.3. The van der Waals surface area contributed by atoms with Crippen molar-refractivity contribution in [1.82, 2.24) is 4.98 Å². The first-order valence-corrected chi connectivity index (χ1v) is 11.1. The van der Waals surface area contributed by atoms with Gasteiger partial charge in [-0.25, -0.2) is 13.0 Å². The molecule has 0 spiro atoms. The quantitative estimate of drug-likeness (QED) is 0.114. The van der Waals surface area contributed by atoms with Crippen LogP contribution >= 0.6 is 11.3 Å². The maximum absolute atomic E-state index is 10.9. The molecule has 0 saturated carbocycles. The van der Waals surface area contributed by atoms with E-state index in [0.29, 0.717) is 10.8 Å². The molecule has 0 aliphatic rings. The van der Waals surface area contributed by atoms with Crippen molar-refractivity contribution in [2.45, 2.75) is 0 Å². The summed E-state index contributed by atoms with van der Waals surface area (Å²) >= 11 is 0.990. The van der Waals surface area contributed by atoms with E-state index in [1.807, 2.05) is 54.6 Å². The van der Waals surface area contributed by atoms with Crippen molar-refractivity contribution in [3.8, 4) is 11.3 Å². The minimum Gasteiger partial charge on any atom is -0.726 e. The number of aromatic amines is 1. The molecule has 0 fully saturated rings. The predicted molar refractivity (Wildman–Crippen MR) is 117 cm³/mol. The lowest BCUT2D eigenvalue weighted by molar-refractivity contribution is -0.656. The molecule has 2 aromatic carbocycles. The van der Waals surface area contributed by atoms with E-state index >= 15 is 0 Å². The molecule has 4 aromatic rings. The van der Waals surface area contributed by atoms with Crippen LogP contribution in [0.3, 0.4) is 0 Å². The van der Waals surface area contributed by atoms with E-state index < -0.39 is 15.3 Å². The van der Waals surface area contributed by atoms with Crippen molar-refractivity contribution in [2.24, 2.45) is 17.3 Å². The number of benzene rings is 2. The number of thiazole rings is 1. The Balaban J connectivity index is 0.000000427. The Kier molecular flexibility index (Phi) is 7.05. The Bertz CT molecular complexity index is 1380. The third-order valence-corrected chi connectivity index (χ3v) is 5.59. The normalized spacial score (nSPS) is 11.5. The van der Waals surface area contributed by atoms with Crippen molar-refractivity contribution in [3.05, 3.63) is 70.9 Å². The van der Waals surface area contributed by atoms with Gasteiger partial charge in [-0.3, -0.25) is 14.3 Å². The van der Waals surface area contributed by atoms with Crippen molar-refractivity contribution in [1.29, 1.82) is 0 Å². The fraction of sp³-hybridized carbons (Fsp3) is 0.105. The second kappa shape index (κ2) is 9.74. The van der Waals surface area contributed by atoms with Crippen LogP contribution in [0.15, 0.2) is 71.0 Å². The van der Waals surface area contributed by atoms with Crippen LogP contribution in [0.2, 0.25) is 0 Å². The Morgan fingerprint density at radius 2 is 1.72 bits per heavy atom. The number of nitrogens with zero attached hydrogens (tertiary/aromatic N) is 4. The molecule has 0 radical (unpaired) electrons. The van der Waals surface area contributed by atoms with Gasteiger partial charge >= 0.3 is 10.1 Å². The molecule has 0 aliphatic carbocycles. The van der Waals surface area contributed by atoms with E-state index in [2.05, 4.69) is 19.4 Å². The van der Waals surface area contributed by atoms with Gasteiger partial charge in [0.25, 0.3) is 0 Å². The molecule has 32 heavy (non-hydrogen) atoms. The number of aryl methyl sites for hydroxylation is 1. The van der Waals surface area contributed by atoms with Crippen LogP contribution in [0.5, 0.6) is 0 Å². The maximum Gasteiger partial charge on any atom is 0.414 e. The van der Waals surface area contributed by atoms with E-state index in [9.17, 15) is 23.1 Å². The predicted octanol–water partition coefficient (Wildman–Crippen LogP) is 4.14. The van der Waals surface area contributed by atoms with Crippen molar-refractivity contribution < 1.29 is 26.6 Å². The molecule has 0 bridgehead atoms. The number of fused-ring (bicyclic) bond motifs is 1. The van der Waals surface area contributed by atoms with Crippen LogP contribution in [-0.2, 0) is 21.6 Å². The monoisotopic (exact) mass is 475 g/mol. The lowest BCUT2D eigenvalue weighted by atomic mass is 10.1. The van der Waals surface area contributed by atoms with Crippen LogP contribution in [-0.4, -0.2) is 30.0 Å². The molecule has 11 nitrogen and oxygen atoms in total. The molecule has 0 aliphatic heterocycles. The first-order chi connectivity index (χ1) is 15.2. The SMILES string of the molecule is COS(=O)(=O)[O-].C[n+]1cc([N+](=O)[O-])sc1N=Nc1c(-c2ccccc2)[nH]c2ccccc12. The van der Waals surface area contributed by atoms with E-state index in [0.717, 1.165) is 40.6 Å². The number of nitro groups is 1. The molecule has 2 heterocycles. The summed E-state index contributed by atoms with van der Waals surface area (Å²) in [6.45, 7) is 0. The van der Waals surface area contributed by atoms with Crippen LogP contribution in [0.1, 0.15) is 0 Å². The summed E-state index contributed by atoms with van der Waals surface area (Å²) in [4.78, 5) is 13.9. The van der Waals surface area contributed by atoms with Gasteiger partial charge < -0.3 is 9.54 Å². The fourth-order valence-corrected chi connectivity index (χ4v) is 3.48. The lowest BCUT2D eigenvalue weighted by Crippen LogP contribution is -2.23. The first kappa shape index (κ1) is 23.1. The largest absolute Gasteiger partial charge is 0.726 e. The van der Waals surface area contributed by atoms with Crippen LogP contribution in [0, 0.1) is 10.1 Å². The second-order valence-corrected chi connectivity index (χ2v) is 8.39. The summed E-state index contributed by atoms with van der Waals surface area (Å²) in [5, 5.41) is 21.1. The molecule has 166 valence electrons. The van der Waals surface area contributed by atoms with E-state index in [4.69, 9.17) is 0 Å². The summed E-state index contributed by atoms with van der Waals surface area (Å²) < 4.78 is 32.6. The van der Waals surface area contributed by atoms with Gasteiger partial charge in [0.15, 0.2) is 6.20 Å². The van der Waals surface area contributed by atoms with E-state index in [-0.39, 0.29) is 5.00 Å². The topological polar surface area (TPSA) is 154 Å². The summed E-state index contributed by atoms with van der Waals surface area (Å²) in [6.07, 6.45) is 1.44. The maximum atomic E-state index is 10.9. The highest BCUT2D eigenvalue weighted by Gasteiger charge is 2.22. The average molecular weight is 476 g/mol. The summed E-state index contributed by atoms with van der Waals surface area (Å²) in [6, 6.07) is 17.7. The highest BCUT2D eigenvalue weighted by molar-refractivity contribution is 7.80. The van der Waals surface area contributed by atoms with Gasteiger partial charge in [0, 0.05) is 27.8 Å². The van der Waals surface area contributed by atoms with Crippen LogP contribution in [0.25, 0.3) is 22.2 Å². The number of H-pyrrole nitrogens is 1. The fourth-order valence-electron chi connectivity index (χ4n) is 2.73. The van der Waals surface area contributed by atoms with E-state index in [1.54, 1.807) is 11.6 Å². The van der Waals surface area contributed by atoms with Crippen LogP contribution in [0.4, 0.5) is 15.8 Å². The molecule has 4 rings (SSSR count). The smallest absolute Gasteiger partial charge is 0.414 e. The molecule has 2 aromatic heterocycles. The highest BCUT2D eigenvalue weighted by Crippen LogP contribution is 2.38. The minimum absolute atomic E-state index is 0.0312. The molecule has 0 saturated heterocycles. The van der Waals surface area contributed by atoms with Crippen molar-refractivity contribution >= 4 is 48.5 Å². The lowest BCUT2D eigenvalue weighted by Gasteiger charge is -1.98. The zero-order valence-corrected chi connectivity index (χ0v) is 18.5. The summed E-state index contributed by atoms with van der Waals surface area (Å²) in [7, 11) is -1.89. The van der Waals surface area contributed by atoms with Crippen molar-refractivity contribution in [3.63, 3.8) is 0 Å². The Morgan fingerprint density at radius 1 is 1.09 bits per heavy atom. The third kappa shape index (κ3) is 5.59. The van der Waals surface area contributed by atoms with Gasteiger partial charge in [-0.1, -0.05) is 48.5 Å². The third-order valence-electron chi connectivity index (χ3n) is 4.16. The standard InChI is InChI=1S/C18H13N5O2S.CH4O4S/c1-22-11-15(23(24)25)26-18(22)21-20-17-13-9-5-6-10-14(13)19-16(17)12-7-3-2-4-8-12;1-5-6(2,3)4/h2-11H,1H3;1H3,(H,2,3,4). The van der Waals surface area contributed by atoms with Gasteiger partial charge in [0.2, 0.25) is 10.4 Å². The molecular weight excluding hydrogens is 458 g/mol. The first-order valence-electron chi connectivity index (χ1n) is 8.92. The molecule has 0 unspecified atom stereocenters. The molecule has 13 heteroatoms. The molecule has 1 N–H and O–H groups in total. The van der Waals surface area contributed by atoms with Gasteiger partial charge in [-0.2, -0.15) is 0 Å². The summed E-state index contributed by atoms with van der Waals surface area (Å²) in [5.41, 5.74) is 3.54. The Labute approximate surface area is 186 Å². The number of azo groups is 1. The Morgan fingerprint density at radius 3 is 2.31 bits per heavy atom. The van der Waals surface area contributed by atoms with Gasteiger partial charge in [-0.05, 0) is 11.2 Å². The number of para-hydroxylation sites is 1. The molecular formula is C19H17N5O6S2. The molecule has 0 atom stereocenters. The number of hydrogen-bond donors (Lipinski definition) is 1. The van der Waals surface area contributed by atoms with E-state index in [1.165, 1.54) is 6.20 Å². The van der Waals surface area contributed by atoms with Gasteiger partial charge in [0.1, 0.15) is 5.69 Å². The number of aromatic nitrogens is 2. The number of hydrogen-bond acceptors (Lipinski definition) is 9. The second-order valence-electron chi connectivity index (χ2n) is 6.26. The number of rotatable bonds is 5. The average Bonchev–Trinajstić information content (AvgIpc) is 3.33. The van der Waals surface area contributed by atoms with Crippen molar-refractivity contribution in [2.75, 3.05) is 7.11 Å². The van der Waals surface area contributed by atoms with Crippen LogP contribution < -0.4 is 4.57 Å². The zero-order chi connectivity index (χ0) is 23.3. The van der Waals surface area contributed by atoms with Gasteiger partial charge in [-0.15, -0.1) is 0 Å². The molecule has 0 amide bonds. The number of nitrogens with one attached hydrogen (secondary N) is 1. The zero-order valence-electron chi connectivity index (χ0n) is 16.8. The Hall–Kier alpha value is -3.52. The minimum atomic E-state index is -4.41. The van der Waals surface area contributed by atoms with Gasteiger partial charge in [0.05, 0.1) is 29.9 Å². The summed E-state index contributed by atoms with van der Waals surface area (Å²) in [5.74, 6) is 0.